The summed E-state index contributed by atoms with van der Waals surface area (Å²) in [6.45, 7) is 2.28. The van der Waals surface area contributed by atoms with Crippen molar-refractivity contribution in [3.63, 3.8) is 0 Å². The summed E-state index contributed by atoms with van der Waals surface area (Å²) in [5, 5.41) is 18.2. The van der Waals surface area contributed by atoms with Crippen LogP contribution in [0.2, 0.25) is 0 Å². The number of hydrogen-bond acceptors (Lipinski definition) is 2. The smallest absolute Gasteiger partial charge is 0.423 e. The molecule has 1 aromatic carbocycles. The zero-order chi connectivity index (χ0) is 15.8. The number of aryl methyl sites for hydroxylation is 1. The summed E-state index contributed by atoms with van der Waals surface area (Å²) >= 11 is 0. The Morgan fingerprint density at radius 3 is 2.05 bits per heavy atom. The van der Waals surface area contributed by atoms with Gasteiger partial charge < -0.3 is 10.0 Å². The van der Waals surface area contributed by atoms with Gasteiger partial charge in [0.05, 0.1) is 0 Å². The summed E-state index contributed by atoms with van der Waals surface area (Å²) in [6.07, 6.45) is 13.7. The van der Waals surface area contributed by atoms with Crippen LogP contribution >= 0.6 is 0 Å². The molecule has 3 heteroatoms. The molecule has 1 fully saturated rings. The standard InChI is InChI=1S/C19H31BO2/c1-2-3-4-5-16-6-8-17(9-7-16)10-11-18-12-14-19(15-13-18)20(21)22/h12-17,21-22H,2-11H2,1H3. The van der Waals surface area contributed by atoms with Crippen LogP contribution in [0.3, 0.4) is 0 Å². The maximum absolute atomic E-state index is 9.11. The van der Waals surface area contributed by atoms with Crippen molar-refractivity contribution in [3.05, 3.63) is 29.8 Å². The molecule has 1 aromatic rings. The van der Waals surface area contributed by atoms with Crippen LogP contribution in [0.15, 0.2) is 24.3 Å². The van der Waals surface area contributed by atoms with E-state index >= 15 is 0 Å². The highest BCUT2D eigenvalue weighted by Crippen LogP contribution is 2.34. The molecule has 0 aromatic heterocycles. The molecule has 0 bridgehead atoms. The van der Waals surface area contributed by atoms with Crippen molar-refractivity contribution in [2.24, 2.45) is 11.8 Å². The highest BCUT2D eigenvalue weighted by atomic mass is 16.4. The average molecular weight is 302 g/mol. The van der Waals surface area contributed by atoms with E-state index in [4.69, 9.17) is 10.0 Å². The zero-order valence-corrected chi connectivity index (χ0v) is 14.0. The summed E-state index contributed by atoms with van der Waals surface area (Å²) in [7, 11) is -1.35. The van der Waals surface area contributed by atoms with Crippen molar-refractivity contribution in [2.45, 2.75) is 71.1 Å². The van der Waals surface area contributed by atoms with Crippen molar-refractivity contribution in [3.8, 4) is 0 Å². The first-order valence-corrected chi connectivity index (χ1v) is 9.14. The second kappa shape index (κ2) is 9.37. The van der Waals surface area contributed by atoms with Crippen molar-refractivity contribution in [2.75, 3.05) is 0 Å². The Kier molecular flexibility index (Phi) is 7.48. The van der Waals surface area contributed by atoms with Crippen LogP contribution < -0.4 is 5.46 Å². The molecule has 2 rings (SSSR count). The minimum absolute atomic E-state index is 0.580. The normalized spacial score (nSPS) is 21.8. The van der Waals surface area contributed by atoms with Crippen LogP contribution in [-0.2, 0) is 6.42 Å². The molecule has 1 aliphatic rings. The third kappa shape index (κ3) is 5.77. The van der Waals surface area contributed by atoms with E-state index in [1.807, 2.05) is 24.3 Å². The van der Waals surface area contributed by atoms with Gasteiger partial charge in [-0.2, -0.15) is 0 Å². The SMILES string of the molecule is CCCCCC1CCC(CCc2ccc(B(O)O)cc2)CC1. The van der Waals surface area contributed by atoms with E-state index in [1.54, 1.807) is 0 Å². The van der Waals surface area contributed by atoms with E-state index in [0.717, 1.165) is 18.3 Å². The maximum atomic E-state index is 9.11. The molecule has 22 heavy (non-hydrogen) atoms. The summed E-state index contributed by atoms with van der Waals surface area (Å²) in [6, 6.07) is 7.71. The van der Waals surface area contributed by atoms with Crippen molar-refractivity contribution in [1.29, 1.82) is 0 Å². The molecule has 1 aliphatic carbocycles. The Labute approximate surface area is 136 Å². The van der Waals surface area contributed by atoms with Crippen molar-refractivity contribution >= 4 is 12.6 Å². The van der Waals surface area contributed by atoms with E-state index in [2.05, 4.69) is 6.92 Å². The van der Waals surface area contributed by atoms with Gasteiger partial charge in [0, 0.05) is 0 Å². The Morgan fingerprint density at radius 2 is 1.50 bits per heavy atom. The fraction of sp³-hybridized carbons (Fsp3) is 0.684. The lowest BCUT2D eigenvalue weighted by Gasteiger charge is -2.28. The van der Waals surface area contributed by atoms with Gasteiger partial charge in [0.2, 0.25) is 0 Å². The monoisotopic (exact) mass is 302 g/mol. The summed E-state index contributed by atoms with van der Waals surface area (Å²) < 4.78 is 0. The van der Waals surface area contributed by atoms with Gasteiger partial charge in [-0.15, -0.1) is 0 Å². The average Bonchev–Trinajstić information content (AvgIpc) is 2.55. The minimum Gasteiger partial charge on any atom is -0.423 e. The lowest BCUT2D eigenvalue weighted by atomic mass is 9.77. The van der Waals surface area contributed by atoms with E-state index in [9.17, 15) is 0 Å². The van der Waals surface area contributed by atoms with E-state index in [-0.39, 0.29) is 0 Å². The summed E-state index contributed by atoms with van der Waals surface area (Å²) in [5.41, 5.74) is 1.89. The molecule has 0 aliphatic heterocycles. The summed E-state index contributed by atoms with van der Waals surface area (Å²) in [4.78, 5) is 0. The topological polar surface area (TPSA) is 40.5 Å². The van der Waals surface area contributed by atoms with Gasteiger partial charge in [-0.3, -0.25) is 0 Å². The van der Waals surface area contributed by atoms with Crippen LogP contribution in [0, 0.1) is 11.8 Å². The van der Waals surface area contributed by atoms with Gasteiger partial charge >= 0.3 is 7.12 Å². The summed E-state index contributed by atoms with van der Waals surface area (Å²) in [5.74, 6) is 1.89. The molecule has 0 radical (unpaired) electrons. The van der Waals surface area contributed by atoms with Crippen LogP contribution in [0.1, 0.15) is 70.3 Å². The van der Waals surface area contributed by atoms with Gasteiger partial charge in [0.25, 0.3) is 0 Å². The molecule has 122 valence electrons. The maximum Gasteiger partial charge on any atom is 0.488 e. The predicted molar refractivity (Wildman–Crippen MR) is 94.2 cm³/mol. The Morgan fingerprint density at radius 1 is 0.909 bits per heavy atom. The first-order chi connectivity index (χ1) is 10.7. The quantitative estimate of drug-likeness (QED) is 0.568. The predicted octanol–water partition coefficient (Wildman–Crippen LogP) is 3.69. The molecule has 0 amide bonds. The molecule has 0 atom stereocenters. The Bertz CT molecular complexity index is 408. The Hall–Kier alpha value is -0.795. The second-order valence-corrected chi connectivity index (χ2v) is 7.04. The molecule has 0 heterocycles. The molecule has 0 saturated heterocycles. The molecule has 0 unspecified atom stereocenters. The lowest BCUT2D eigenvalue weighted by molar-refractivity contribution is 0.249. The van der Waals surface area contributed by atoms with E-state index in [0.29, 0.717) is 5.46 Å². The molecule has 2 nitrogen and oxygen atoms in total. The third-order valence-electron chi connectivity index (χ3n) is 5.30. The molecule has 1 saturated carbocycles. The van der Waals surface area contributed by atoms with Gasteiger partial charge in [-0.1, -0.05) is 82.6 Å². The Balaban J connectivity index is 1.66. The molecular formula is C19H31BO2. The van der Waals surface area contributed by atoms with Gasteiger partial charge in [-0.25, -0.2) is 0 Å². The van der Waals surface area contributed by atoms with E-state index in [1.165, 1.54) is 63.4 Å². The number of hydrogen-bond donors (Lipinski definition) is 2. The number of unbranched alkanes of at least 4 members (excludes halogenated alkanes) is 2. The van der Waals surface area contributed by atoms with E-state index < -0.39 is 7.12 Å². The highest BCUT2D eigenvalue weighted by molar-refractivity contribution is 6.58. The second-order valence-electron chi connectivity index (χ2n) is 7.04. The van der Waals surface area contributed by atoms with Gasteiger partial charge in [0.1, 0.15) is 0 Å². The van der Waals surface area contributed by atoms with Crippen LogP contribution in [0.5, 0.6) is 0 Å². The van der Waals surface area contributed by atoms with Crippen molar-refractivity contribution < 1.29 is 10.0 Å². The number of rotatable bonds is 8. The van der Waals surface area contributed by atoms with Crippen molar-refractivity contribution in [1.82, 2.24) is 0 Å². The number of benzene rings is 1. The lowest BCUT2D eigenvalue weighted by Crippen LogP contribution is -2.29. The van der Waals surface area contributed by atoms with Crippen LogP contribution in [0.25, 0.3) is 0 Å². The largest absolute Gasteiger partial charge is 0.488 e. The zero-order valence-electron chi connectivity index (χ0n) is 14.0. The van der Waals surface area contributed by atoms with Gasteiger partial charge in [-0.05, 0) is 35.7 Å². The fourth-order valence-electron chi connectivity index (χ4n) is 3.72. The first-order valence-electron chi connectivity index (χ1n) is 9.14. The fourth-order valence-corrected chi connectivity index (χ4v) is 3.72. The molecular weight excluding hydrogens is 271 g/mol. The minimum atomic E-state index is -1.35. The molecule has 0 spiro atoms. The van der Waals surface area contributed by atoms with Crippen LogP contribution in [-0.4, -0.2) is 17.2 Å². The van der Waals surface area contributed by atoms with Gasteiger partial charge in [0.15, 0.2) is 0 Å². The first kappa shape index (κ1) is 17.6. The third-order valence-corrected chi connectivity index (χ3v) is 5.30. The van der Waals surface area contributed by atoms with Crippen LogP contribution in [0.4, 0.5) is 0 Å². The molecule has 2 N–H and O–H groups in total. The highest BCUT2D eigenvalue weighted by Gasteiger charge is 2.20.